The summed E-state index contributed by atoms with van der Waals surface area (Å²) < 4.78 is 31.2. The molecule has 1 aromatic rings. The Bertz CT molecular complexity index is 394. The van der Waals surface area contributed by atoms with E-state index in [0.717, 1.165) is 18.6 Å². The lowest BCUT2D eigenvalue weighted by atomic mass is 9.93. The summed E-state index contributed by atoms with van der Waals surface area (Å²) in [6, 6.07) is 1.62. The fourth-order valence-corrected chi connectivity index (χ4v) is 2.16. The summed E-state index contributed by atoms with van der Waals surface area (Å²) in [5, 5.41) is 0.165. The Labute approximate surface area is 97.3 Å². The van der Waals surface area contributed by atoms with Crippen LogP contribution in [0.15, 0.2) is 12.1 Å². The summed E-state index contributed by atoms with van der Waals surface area (Å²) in [5.74, 6) is -1.76. The van der Waals surface area contributed by atoms with Crippen LogP contribution in [0.1, 0.15) is 18.0 Å². The number of nitrogens with two attached hydrogens (primary N) is 1. The highest BCUT2D eigenvalue weighted by atomic mass is 35.5. The molecular formula is C11H12ClF2NO. The third-order valence-corrected chi connectivity index (χ3v) is 3.20. The Morgan fingerprint density at radius 1 is 1.38 bits per heavy atom. The van der Waals surface area contributed by atoms with Crippen molar-refractivity contribution in [3.63, 3.8) is 0 Å². The lowest BCUT2D eigenvalue weighted by Gasteiger charge is -2.19. The van der Waals surface area contributed by atoms with Gasteiger partial charge >= 0.3 is 0 Å². The van der Waals surface area contributed by atoms with E-state index in [9.17, 15) is 8.78 Å². The molecule has 0 aliphatic carbocycles. The summed E-state index contributed by atoms with van der Waals surface area (Å²) in [7, 11) is 0. The predicted octanol–water partition coefficient (Wildman–Crippen LogP) is 2.65. The van der Waals surface area contributed by atoms with Gasteiger partial charge in [-0.3, -0.25) is 0 Å². The van der Waals surface area contributed by atoms with E-state index < -0.39 is 17.7 Å². The summed E-state index contributed by atoms with van der Waals surface area (Å²) in [6.07, 6.45) is 0.816. The molecule has 2 atom stereocenters. The van der Waals surface area contributed by atoms with Crippen LogP contribution in [0.4, 0.5) is 8.78 Å². The standard InChI is InChI=1S/C11H12ClF2NO/c12-8-4-10(14)9(13)3-7(8)11(15)6-1-2-16-5-6/h3-4,6,11H,1-2,5,15H2. The molecule has 2 rings (SSSR count). The number of hydrogen-bond acceptors (Lipinski definition) is 2. The van der Waals surface area contributed by atoms with E-state index in [1.807, 2.05) is 0 Å². The molecule has 2 nitrogen and oxygen atoms in total. The van der Waals surface area contributed by atoms with Gasteiger partial charge < -0.3 is 10.5 Å². The van der Waals surface area contributed by atoms with Gasteiger partial charge in [0.1, 0.15) is 0 Å². The van der Waals surface area contributed by atoms with E-state index in [-0.39, 0.29) is 10.9 Å². The molecule has 0 bridgehead atoms. The molecule has 1 aliphatic heterocycles. The molecule has 0 radical (unpaired) electrons. The highest BCUT2D eigenvalue weighted by molar-refractivity contribution is 6.31. The summed E-state index contributed by atoms with van der Waals surface area (Å²) in [4.78, 5) is 0. The van der Waals surface area contributed by atoms with Crippen LogP contribution in [0.25, 0.3) is 0 Å². The summed E-state index contributed by atoms with van der Waals surface area (Å²) >= 11 is 5.85. The van der Waals surface area contributed by atoms with Gasteiger partial charge in [-0.25, -0.2) is 8.78 Å². The van der Waals surface area contributed by atoms with Crippen LogP contribution in [0.3, 0.4) is 0 Å². The Morgan fingerprint density at radius 3 is 2.69 bits per heavy atom. The lowest BCUT2D eigenvalue weighted by molar-refractivity contribution is 0.181. The normalized spacial score (nSPS) is 22.4. The molecule has 88 valence electrons. The maximum absolute atomic E-state index is 13.1. The average molecular weight is 248 g/mol. The van der Waals surface area contributed by atoms with E-state index in [1.54, 1.807) is 0 Å². The first kappa shape index (κ1) is 11.8. The average Bonchev–Trinajstić information content (AvgIpc) is 2.75. The Hall–Kier alpha value is -0.710. The minimum Gasteiger partial charge on any atom is -0.381 e. The molecule has 5 heteroatoms. The van der Waals surface area contributed by atoms with Crippen LogP contribution in [-0.4, -0.2) is 13.2 Å². The second-order valence-electron chi connectivity index (χ2n) is 3.94. The Morgan fingerprint density at radius 2 is 2.06 bits per heavy atom. The quantitative estimate of drug-likeness (QED) is 0.816. The molecular weight excluding hydrogens is 236 g/mol. The molecule has 1 fully saturated rings. The molecule has 0 amide bonds. The monoisotopic (exact) mass is 247 g/mol. The maximum atomic E-state index is 13.1. The SMILES string of the molecule is NC(c1cc(F)c(F)cc1Cl)C1CCOC1. The van der Waals surface area contributed by atoms with Gasteiger partial charge in [0, 0.05) is 23.6 Å². The molecule has 2 N–H and O–H groups in total. The van der Waals surface area contributed by atoms with Gasteiger partial charge in [0.05, 0.1) is 6.61 Å². The van der Waals surface area contributed by atoms with Crippen LogP contribution >= 0.6 is 11.6 Å². The van der Waals surface area contributed by atoms with Gasteiger partial charge in [0.15, 0.2) is 11.6 Å². The van der Waals surface area contributed by atoms with Gasteiger partial charge in [0.25, 0.3) is 0 Å². The van der Waals surface area contributed by atoms with Crippen LogP contribution in [0.2, 0.25) is 5.02 Å². The number of rotatable bonds is 2. The van der Waals surface area contributed by atoms with E-state index in [1.165, 1.54) is 0 Å². The fraction of sp³-hybridized carbons (Fsp3) is 0.455. The van der Waals surface area contributed by atoms with Crippen LogP contribution < -0.4 is 5.73 Å². The summed E-state index contributed by atoms with van der Waals surface area (Å²) in [6.45, 7) is 1.19. The molecule has 16 heavy (non-hydrogen) atoms. The minimum absolute atomic E-state index is 0.113. The topological polar surface area (TPSA) is 35.2 Å². The van der Waals surface area contributed by atoms with Crippen molar-refractivity contribution in [2.75, 3.05) is 13.2 Å². The maximum Gasteiger partial charge on any atom is 0.160 e. The highest BCUT2D eigenvalue weighted by Crippen LogP contribution is 2.32. The van der Waals surface area contributed by atoms with Crippen LogP contribution in [-0.2, 0) is 4.74 Å². The molecule has 1 aliphatic rings. The van der Waals surface area contributed by atoms with E-state index in [4.69, 9.17) is 22.1 Å². The first-order chi connectivity index (χ1) is 7.59. The highest BCUT2D eigenvalue weighted by Gasteiger charge is 2.26. The van der Waals surface area contributed by atoms with Crippen molar-refractivity contribution >= 4 is 11.6 Å². The van der Waals surface area contributed by atoms with Crippen LogP contribution in [0.5, 0.6) is 0 Å². The van der Waals surface area contributed by atoms with Gasteiger partial charge in [-0.15, -0.1) is 0 Å². The molecule has 1 aromatic carbocycles. The lowest BCUT2D eigenvalue weighted by Crippen LogP contribution is -2.22. The van der Waals surface area contributed by atoms with Crippen molar-refractivity contribution in [3.05, 3.63) is 34.4 Å². The zero-order valence-corrected chi connectivity index (χ0v) is 9.31. The predicted molar refractivity (Wildman–Crippen MR) is 57.2 cm³/mol. The molecule has 2 unspecified atom stereocenters. The van der Waals surface area contributed by atoms with Crippen molar-refractivity contribution < 1.29 is 13.5 Å². The van der Waals surface area contributed by atoms with Crippen LogP contribution in [0, 0.1) is 17.6 Å². The van der Waals surface area contributed by atoms with Crippen molar-refractivity contribution in [1.29, 1.82) is 0 Å². The van der Waals surface area contributed by atoms with Crippen molar-refractivity contribution in [2.45, 2.75) is 12.5 Å². The zero-order chi connectivity index (χ0) is 11.7. The fourth-order valence-electron chi connectivity index (χ4n) is 1.88. The second-order valence-corrected chi connectivity index (χ2v) is 4.34. The van der Waals surface area contributed by atoms with Gasteiger partial charge in [-0.2, -0.15) is 0 Å². The molecule has 1 saturated heterocycles. The Kier molecular flexibility index (Phi) is 3.42. The van der Waals surface area contributed by atoms with E-state index >= 15 is 0 Å². The molecule has 0 saturated carbocycles. The first-order valence-electron chi connectivity index (χ1n) is 5.07. The molecule has 0 aromatic heterocycles. The number of benzene rings is 1. The van der Waals surface area contributed by atoms with Crippen molar-refractivity contribution in [1.82, 2.24) is 0 Å². The smallest absolute Gasteiger partial charge is 0.160 e. The van der Waals surface area contributed by atoms with E-state index in [2.05, 4.69) is 0 Å². The zero-order valence-electron chi connectivity index (χ0n) is 8.55. The molecule has 0 spiro atoms. The van der Waals surface area contributed by atoms with Crippen molar-refractivity contribution in [2.24, 2.45) is 11.7 Å². The van der Waals surface area contributed by atoms with Gasteiger partial charge in [-0.05, 0) is 24.1 Å². The second kappa shape index (κ2) is 4.65. The number of hydrogen-bond donors (Lipinski definition) is 1. The summed E-state index contributed by atoms with van der Waals surface area (Å²) in [5.41, 5.74) is 6.41. The number of halogens is 3. The Balaban J connectivity index is 2.28. The van der Waals surface area contributed by atoms with Gasteiger partial charge in [0.2, 0.25) is 0 Å². The third-order valence-electron chi connectivity index (χ3n) is 2.87. The van der Waals surface area contributed by atoms with Crippen molar-refractivity contribution in [3.8, 4) is 0 Å². The molecule has 1 heterocycles. The van der Waals surface area contributed by atoms with Gasteiger partial charge in [-0.1, -0.05) is 11.6 Å². The minimum atomic E-state index is -0.955. The first-order valence-corrected chi connectivity index (χ1v) is 5.45. The number of ether oxygens (including phenoxy) is 1. The largest absolute Gasteiger partial charge is 0.381 e. The third kappa shape index (κ3) is 2.19. The van der Waals surface area contributed by atoms with E-state index in [0.29, 0.717) is 18.8 Å².